The first-order chi connectivity index (χ1) is 6.29. The van der Waals surface area contributed by atoms with Crippen LogP contribution in [0.5, 0.6) is 5.95 Å². The summed E-state index contributed by atoms with van der Waals surface area (Å²) in [5.74, 6) is 1.52. The van der Waals surface area contributed by atoms with E-state index in [9.17, 15) is 9.90 Å². The van der Waals surface area contributed by atoms with Crippen LogP contribution in [0.4, 0.5) is 0 Å². The number of hydrogen-bond donors (Lipinski definition) is 3. The standard InChI is InChI=1S/C7H10N2O3S/c10-6-5(7(11)12-9-6)4-3-13-2-1-8-4/h4,8,11H,1-3H2,(H,9,10). The van der Waals surface area contributed by atoms with Gasteiger partial charge in [0.1, 0.15) is 5.56 Å². The lowest BCUT2D eigenvalue weighted by Gasteiger charge is -2.20. The van der Waals surface area contributed by atoms with Crippen molar-refractivity contribution in [3.8, 4) is 5.95 Å². The fourth-order valence-corrected chi connectivity index (χ4v) is 2.31. The van der Waals surface area contributed by atoms with Gasteiger partial charge < -0.3 is 14.9 Å². The van der Waals surface area contributed by atoms with E-state index in [-0.39, 0.29) is 17.5 Å². The monoisotopic (exact) mass is 202 g/mol. The molecule has 0 aliphatic carbocycles. The Morgan fingerprint density at radius 3 is 3.00 bits per heavy atom. The SMILES string of the molecule is O=c1[nH]oc(O)c1C1CSCCN1. The fraction of sp³-hybridized carbons (Fsp3) is 0.571. The maximum absolute atomic E-state index is 11.2. The van der Waals surface area contributed by atoms with Crippen molar-refractivity contribution in [3.63, 3.8) is 0 Å². The Hall–Kier alpha value is -0.880. The summed E-state index contributed by atoms with van der Waals surface area (Å²) in [6, 6.07) is -0.0961. The van der Waals surface area contributed by atoms with Crippen LogP contribution in [0.1, 0.15) is 11.6 Å². The lowest BCUT2D eigenvalue weighted by Crippen LogP contribution is -2.32. The molecule has 3 N–H and O–H groups in total. The third-order valence-corrected chi connectivity index (χ3v) is 3.05. The smallest absolute Gasteiger partial charge is 0.314 e. The molecule has 1 aromatic heterocycles. The highest BCUT2D eigenvalue weighted by atomic mass is 32.2. The molecule has 1 saturated heterocycles. The van der Waals surface area contributed by atoms with E-state index in [0.29, 0.717) is 5.56 Å². The lowest BCUT2D eigenvalue weighted by atomic mass is 10.2. The maximum Gasteiger partial charge on any atom is 0.314 e. The number of aromatic amines is 1. The van der Waals surface area contributed by atoms with Crippen molar-refractivity contribution in [3.05, 3.63) is 15.9 Å². The molecule has 0 bridgehead atoms. The largest absolute Gasteiger partial charge is 0.479 e. The molecule has 13 heavy (non-hydrogen) atoms. The molecular weight excluding hydrogens is 192 g/mol. The van der Waals surface area contributed by atoms with Gasteiger partial charge in [0.05, 0.1) is 6.04 Å². The topological polar surface area (TPSA) is 78.3 Å². The van der Waals surface area contributed by atoms with E-state index in [2.05, 4.69) is 15.0 Å². The average Bonchev–Trinajstić information content (AvgIpc) is 2.48. The highest BCUT2D eigenvalue weighted by Gasteiger charge is 2.24. The van der Waals surface area contributed by atoms with Gasteiger partial charge in [-0.3, -0.25) is 4.79 Å². The van der Waals surface area contributed by atoms with E-state index in [1.54, 1.807) is 11.8 Å². The number of hydrogen-bond acceptors (Lipinski definition) is 5. The fourth-order valence-electron chi connectivity index (χ4n) is 1.36. The van der Waals surface area contributed by atoms with E-state index in [4.69, 9.17) is 0 Å². The molecule has 1 aromatic rings. The third-order valence-electron chi connectivity index (χ3n) is 1.99. The van der Waals surface area contributed by atoms with Crippen molar-refractivity contribution in [2.45, 2.75) is 6.04 Å². The molecule has 6 heteroatoms. The predicted octanol–water partition coefficient (Wildman–Crippen LogP) is 0.0510. The summed E-state index contributed by atoms with van der Waals surface area (Å²) in [5.41, 5.74) is -0.0373. The zero-order chi connectivity index (χ0) is 9.26. The number of rotatable bonds is 1. The van der Waals surface area contributed by atoms with Crippen LogP contribution in [0.2, 0.25) is 0 Å². The van der Waals surface area contributed by atoms with Gasteiger partial charge in [-0.05, 0) is 0 Å². The molecule has 2 heterocycles. The van der Waals surface area contributed by atoms with E-state index in [0.717, 1.165) is 18.1 Å². The molecule has 5 nitrogen and oxygen atoms in total. The summed E-state index contributed by atoms with van der Waals surface area (Å²) in [4.78, 5) is 11.2. The van der Waals surface area contributed by atoms with Crippen LogP contribution in [0, 0.1) is 0 Å². The van der Waals surface area contributed by atoms with Crippen LogP contribution in [0.3, 0.4) is 0 Å². The normalized spacial score (nSPS) is 23.2. The first-order valence-electron chi connectivity index (χ1n) is 4.00. The molecule has 1 fully saturated rings. The van der Waals surface area contributed by atoms with Crippen LogP contribution >= 0.6 is 11.8 Å². The molecule has 1 unspecified atom stereocenters. The van der Waals surface area contributed by atoms with Gasteiger partial charge in [0.2, 0.25) is 0 Å². The molecule has 2 rings (SSSR count). The summed E-state index contributed by atoms with van der Waals surface area (Å²) in [5, 5.41) is 14.5. The van der Waals surface area contributed by atoms with Crippen LogP contribution < -0.4 is 10.9 Å². The molecule has 0 amide bonds. The van der Waals surface area contributed by atoms with Gasteiger partial charge in [0, 0.05) is 18.1 Å². The molecular formula is C7H10N2O3S. The number of aromatic hydroxyl groups is 1. The molecule has 72 valence electrons. The number of thioether (sulfide) groups is 1. The minimum atomic E-state index is -0.350. The van der Waals surface area contributed by atoms with Gasteiger partial charge >= 0.3 is 5.95 Å². The van der Waals surface area contributed by atoms with E-state index < -0.39 is 0 Å². The number of H-pyrrole nitrogens is 1. The Kier molecular flexibility index (Phi) is 2.32. The van der Waals surface area contributed by atoms with Gasteiger partial charge in [-0.15, -0.1) is 0 Å². The van der Waals surface area contributed by atoms with Gasteiger partial charge in [-0.1, -0.05) is 0 Å². The summed E-state index contributed by atoms with van der Waals surface area (Å²) >= 11 is 1.75. The third kappa shape index (κ3) is 1.59. The van der Waals surface area contributed by atoms with E-state index in [1.165, 1.54) is 0 Å². The Morgan fingerprint density at radius 2 is 2.46 bits per heavy atom. The minimum absolute atomic E-state index is 0.0961. The predicted molar refractivity (Wildman–Crippen MR) is 49.1 cm³/mol. The van der Waals surface area contributed by atoms with Crippen molar-refractivity contribution in [2.24, 2.45) is 0 Å². The second-order valence-electron chi connectivity index (χ2n) is 2.83. The zero-order valence-corrected chi connectivity index (χ0v) is 7.69. The van der Waals surface area contributed by atoms with Crippen LogP contribution in [0.15, 0.2) is 9.32 Å². The minimum Gasteiger partial charge on any atom is -0.479 e. The molecule has 0 aromatic carbocycles. The maximum atomic E-state index is 11.2. The average molecular weight is 202 g/mol. The van der Waals surface area contributed by atoms with Crippen LogP contribution in [0.25, 0.3) is 0 Å². The first-order valence-corrected chi connectivity index (χ1v) is 5.16. The van der Waals surface area contributed by atoms with Gasteiger partial charge in [-0.2, -0.15) is 16.9 Å². The summed E-state index contributed by atoms with van der Waals surface area (Å²) in [6.45, 7) is 0.847. The second kappa shape index (κ2) is 3.47. The quantitative estimate of drug-likeness (QED) is 0.599. The molecule has 0 radical (unpaired) electrons. The molecule has 0 saturated carbocycles. The Morgan fingerprint density at radius 1 is 1.62 bits per heavy atom. The van der Waals surface area contributed by atoms with Crippen molar-refractivity contribution in [2.75, 3.05) is 18.1 Å². The Bertz CT molecular complexity index is 340. The number of aromatic nitrogens is 1. The van der Waals surface area contributed by atoms with E-state index >= 15 is 0 Å². The highest BCUT2D eigenvalue weighted by Crippen LogP contribution is 2.25. The molecule has 0 spiro atoms. The summed E-state index contributed by atoms with van der Waals surface area (Å²) < 4.78 is 4.52. The van der Waals surface area contributed by atoms with Gasteiger partial charge in [-0.25, -0.2) is 0 Å². The van der Waals surface area contributed by atoms with Crippen molar-refractivity contribution < 1.29 is 9.63 Å². The van der Waals surface area contributed by atoms with Crippen molar-refractivity contribution in [1.29, 1.82) is 0 Å². The van der Waals surface area contributed by atoms with Crippen molar-refractivity contribution in [1.82, 2.24) is 10.5 Å². The molecule has 1 aliphatic rings. The molecule has 1 atom stereocenters. The zero-order valence-electron chi connectivity index (χ0n) is 6.87. The summed E-state index contributed by atoms with van der Waals surface area (Å²) in [6.07, 6.45) is 0. The van der Waals surface area contributed by atoms with Crippen LogP contribution in [-0.2, 0) is 0 Å². The Labute approximate surface area is 78.5 Å². The van der Waals surface area contributed by atoms with Gasteiger partial charge in [0.15, 0.2) is 0 Å². The Balaban J connectivity index is 2.27. The van der Waals surface area contributed by atoms with E-state index in [1.807, 2.05) is 0 Å². The lowest BCUT2D eigenvalue weighted by molar-refractivity contribution is 0.271. The highest BCUT2D eigenvalue weighted by molar-refractivity contribution is 7.99. The summed E-state index contributed by atoms with van der Waals surface area (Å²) in [7, 11) is 0. The first kappa shape index (κ1) is 8.71. The van der Waals surface area contributed by atoms with Crippen LogP contribution in [-0.4, -0.2) is 28.3 Å². The second-order valence-corrected chi connectivity index (χ2v) is 3.98. The van der Waals surface area contributed by atoms with Crippen molar-refractivity contribution >= 4 is 11.8 Å². The van der Waals surface area contributed by atoms with Gasteiger partial charge in [0.25, 0.3) is 5.56 Å². The number of nitrogens with one attached hydrogen (secondary N) is 2. The molecule has 1 aliphatic heterocycles.